The van der Waals surface area contributed by atoms with E-state index in [0.29, 0.717) is 5.95 Å². The smallest absolute Gasteiger partial charge is 0.235 e. The number of nitrogens with zero attached hydrogens (tertiary/aromatic N) is 4. The zero-order valence-electron chi connectivity index (χ0n) is 17.2. The fourth-order valence-electron chi connectivity index (χ4n) is 4.78. The minimum absolute atomic E-state index is 0.691. The summed E-state index contributed by atoms with van der Waals surface area (Å²) in [6.45, 7) is 0. The summed E-state index contributed by atoms with van der Waals surface area (Å²) in [6.07, 6.45) is 4.06. The highest BCUT2D eigenvalue weighted by atomic mass is 15.2. The van der Waals surface area contributed by atoms with Crippen LogP contribution < -0.4 is 0 Å². The van der Waals surface area contributed by atoms with Crippen LogP contribution >= 0.6 is 0 Å². The quantitative estimate of drug-likeness (QED) is 0.319. The van der Waals surface area contributed by atoms with E-state index in [1.807, 2.05) is 36.5 Å². The number of rotatable bonds is 2. The SMILES string of the molecule is c1ccc(-n2ccc3c4c5ccccc5n(-c5ncc6ccccc6n5)c4ccc32)cc1. The maximum absolute atomic E-state index is 4.90. The lowest BCUT2D eigenvalue weighted by Gasteiger charge is -2.08. The lowest BCUT2D eigenvalue weighted by atomic mass is 10.1. The Morgan fingerprint density at radius 3 is 2.28 bits per heavy atom. The zero-order valence-corrected chi connectivity index (χ0v) is 17.2. The van der Waals surface area contributed by atoms with Crippen molar-refractivity contribution in [1.29, 1.82) is 0 Å². The monoisotopic (exact) mass is 410 g/mol. The number of fused-ring (bicyclic) bond motifs is 6. The Morgan fingerprint density at radius 1 is 0.594 bits per heavy atom. The Kier molecular flexibility index (Phi) is 3.52. The standard InChI is InChI=1S/C28H18N4/c1-2-9-20(10-3-1)31-17-16-22-24(31)14-15-26-27(22)21-11-5-7-13-25(21)32(26)28-29-18-19-8-4-6-12-23(19)30-28/h1-18H. The fourth-order valence-corrected chi connectivity index (χ4v) is 4.78. The molecule has 3 aromatic heterocycles. The van der Waals surface area contributed by atoms with Gasteiger partial charge in [-0.1, -0.05) is 54.6 Å². The van der Waals surface area contributed by atoms with Gasteiger partial charge in [-0.3, -0.25) is 4.57 Å². The first-order chi connectivity index (χ1) is 15.9. The summed E-state index contributed by atoms with van der Waals surface area (Å²) < 4.78 is 4.42. The van der Waals surface area contributed by atoms with Crippen molar-refractivity contribution < 1.29 is 0 Å². The molecular weight excluding hydrogens is 392 g/mol. The maximum Gasteiger partial charge on any atom is 0.235 e. The minimum atomic E-state index is 0.691. The van der Waals surface area contributed by atoms with Gasteiger partial charge in [0.05, 0.1) is 22.1 Å². The Hall–Kier alpha value is -4.44. The van der Waals surface area contributed by atoms with Gasteiger partial charge >= 0.3 is 0 Å². The van der Waals surface area contributed by atoms with Crippen molar-refractivity contribution in [2.75, 3.05) is 0 Å². The van der Waals surface area contributed by atoms with Gasteiger partial charge in [0, 0.05) is 39.6 Å². The number of hydrogen-bond donors (Lipinski definition) is 0. The van der Waals surface area contributed by atoms with Crippen molar-refractivity contribution >= 4 is 43.6 Å². The molecule has 0 amide bonds. The van der Waals surface area contributed by atoms with Gasteiger partial charge in [0.2, 0.25) is 5.95 Å². The molecule has 0 saturated heterocycles. The second kappa shape index (κ2) is 6.53. The van der Waals surface area contributed by atoms with Crippen LogP contribution in [-0.2, 0) is 0 Å². The van der Waals surface area contributed by atoms with Crippen LogP contribution in [0.3, 0.4) is 0 Å². The van der Waals surface area contributed by atoms with E-state index in [0.717, 1.165) is 27.6 Å². The molecule has 4 aromatic carbocycles. The van der Waals surface area contributed by atoms with Crippen LogP contribution in [0.5, 0.6) is 0 Å². The number of hydrogen-bond acceptors (Lipinski definition) is 2. The Balaban J connectivity index is 1.58. The molecule has 0 unspecified atom stereocenters. The van der Waals surface area contributed by atoms with E-state index in [9.17, 15) is 0 Å². The summed E-state index contributed by atoms with van der Waals surface area (Å²) in [6, 6.07) is 33.7. The first-order valence-corrected chi connectivity index (χ1v) is 10.7. The molecule has 0 bridgehead atoms. The average Bonchev–Trinajstić information content (AvgIpc) is 3.43. The van der Waals surface area contributed by atoms with Crippen LogP contribution in [0.15, 0.2) is 109 Å². The molecule has 0 saturated carbocycles. The van der Waals surface area contributed by atoms with Gasteiger partial charge in [-0.25, -0.2) is 9.97 Å². The third-order valence-corrected chi connectivity index (χ3v) is 6.22. The molecule has 32 heavy (non-hydrogen) atoms. The Labute approximate surface area is 184 Å². The first-order valence-electron chi connectivity index (χ1n) is 10.7. The number of aromatic nitrogens is 4. The topological polar surface area (TPSA) is 35.6 Å². The largest absolute Gasteiger partial charge is 0.317 e. The van der Waals surface area contributed by atoms with Gasteiger partial charge in [0.15, 0.2) is 0 Å². The van der Waals surface area contributed by atoms with E-state index in [1.54, 1.807) is 0 Å². The van der Waals surface area contributed by atoms with Crippen molar-refractivity contribution in [3.8, 4) is 11.6 Å². The molecule has 0 aliphatic heterocycles. The predicted molar refractivity (Wildman–Crippen MR) is 131 cm³/mol. The average molecular weight is 410 g/mol. The summed E-state index contributed by atoms with van der Waals surface area (Å²) in [7, 11) is 0. The van der Waals surface area contributed by atoms with Crippen LogP contribution in [-0.4, -0.2) is 19.1 Å². The van der Waals surface area contributed by atoms with Crippen molar-refractivity contribution in [3.63, 3.8) is 0 Å². The molecule has 4 nitrogen and oxygen atoms in total. The molecule has 4 heteroatoms. The molecule has 0 aliphatic carbocycles. The van der Waals surface area contributed by atoms with Crippen LogP contribution in [0.4, 0.5) is 0 Å². The summed E-state index contributed by atoms with van der Waals surface area (Å²) in [4.78, 5) is 9.63. The van der Waals surface area contributed by atoms with E-state index >= 15 is 0 Å². The van der Waals surface area contributed by atoms with E-state index in [4.69, 9.17) is 9.97 Å². The summed E-state index contributed by atoms with van der Waals surface area (Å²) in [5.41, 5.74) is 5.51. The number of benzene rings is 4. The normalized spacial score (nSPS) is 11.8. The zero-order chi connectivity index (χ0) is 21.1. The molecule has 0 radical (unpaired) electrons. The van der Waals surface area contributed by atoms with Crippen LogP contribution in [0.1, 0.15) is 0 Å². The first kappa shape index (κ1) is 17.3. The molecular formula is C28H18N4. The second-order valence-corrected chi connectivity index (χ2v) is 8.00. The fraction of sp³-hybridized carbons (Fsp3) is 0. The Bertz CT molecular complexity index is 1770. The summed E-state index contributed by atoms with van der Waals surface area (Å²) >= 11 is 0. The van der Waals surface area contributed by atoms with Crippen LogP contribution in [0.2, 0.25) is 0 Å². The lowest BCUT2D eigenvalue weighted by molar-refractivity contribution is 1.01. The van der Waals surface area contributed by atoms with Crippen molar-refractivity contribution in [1.82, 2.24) is 19.1 Å². The molecule has 0 spiro atoms. The summed E-state index contributed by atoms with van der Waals surface area (Å²) in [5, 5.41) is 4.70. The van der Waals surface area contributed by atoms with Crippen molar-refractivity contribution in [3.05, 3.63) is 109 Å². The highest BCUT2D eigenvalue weighted by Gasteiger charge is 2.17. The third-order valence-electron chi connectivity index (χ3n) is 6.22. The summed E-state index contributed by atoms with van der Waals surface area (Å²) in [5.74, 6) is 0.691. The lowest BCUT2D eigenvalue weighted by Crippen LogP contribution is -2.00. The molecule has 3 heterocycles. The van der Waals surface area contributed by atoms with Gasteiger partial charge in [-0.05, 0) is 42.5 Å². The predicted octanol–water partition coefficient (Wildman–Crippen LogP) is 6.67. The molecule has 150 valence electrons. The highest BCUT2D eigenvalue weighted by molar-refractivity contribution is 6.21. The van der Waals surface area contributed by atoms with E-state index in [-0.39, 0.29) is 0 Å². The van der Waals surface area contributed by atoms with Crippen molar-refractivity contribution in [2.45, 2.75) is 0 Å². The molecule has 0 fully saturated rings. The van der Waals surface area contributed by atoms with Gasteiger partial charge < -0.3 is 4.57 Å². The maximum atomic E-state index is 4.90. The molecule has 0 aliphatic rings. The molecule has 7 aromatic rings. The van der Waals surface area contributed by atoms with Crippen molar-refractivity contribution in [2.24, 2.45) is 0 Å². The van der Waals surface area contributed by atoms with Gasteiger partial charge in [-0.2, -0.15) is 0 Å². The second-order valence-electron chi connectivity index (χ2n) is 8.00. The van der Waals surface area contributed by atoms with Crippen LogP contribution in [0.25, 0.3) is 55.2 Å². The van der Waals surface area contributed by atoms with Crippen LogP contribution in [0, 0.1) is 0 Å². The minimum Gasteiger partial charge on any atom is -0.317 e. The van der Waals surface area contributed by atoms with E-state index in [1.165, 1.54) is 21.7 Å². The third kappa shape index (κ3) is 2.38. The van der Waals surface area contributed by atoms with Gasteiger partial charge in [0.25, 0.3) is 0 Å². The van der Waals surface area contributed by atoms with E-state index < -0.39 is 0 Å². The van der Waals surface area contributed by atoms with Gasteiger partial charge in [-0.15, -0.1) is 0 Å². The molecule has 0 N–H and O–H groups in total. The number of para-hydroxylation sites is 3. The van der Waals surface area contributed by atoms with E-state index in [2.05, 4.69) is 82.1 Å². The molecule has 0 atom stereocenters. The molecule has 7 rings (SSSR count). The Morgan fingerprint density at radius 2 is 1.34 bits per heavy atom. The van der Waals surface area contributed by atoms with Gasteiger partial charge in [0.1, 0.15) is 0 Å². The highest BCUT2D eigenvalue weighted by Crippen LogP contribution is 2.37.